The first-order valence-electron chi connectivity index (χ1n) is 11.8. The van der Waals surface area contributed by atoms with Crippen LogP contribution in [0.5, 0.6) is 0 Å². The van der Waals surface area contributed by atoms with Crippen LogP contribution in [0.1, 0.15) is 41.1 Å². The number of carbonyl (C=O) groups excluding carboxylic acids is 1. The standard InChI is InChI=1S/C28H30ClN3O2/c1-34-19-21-7-5-6-20(16-21)18-31-14-12-24(13-15-31)32-27(22-8-3-2-4-9-22)25-17-23(29)10-11-26(25)30-28(32)33/h2-11,16-17,24,27H,12-15,18-19H2,1H3,(H,30,33). The number of hydrogen-bond donors (Lipinski definition) is 1. The first kappa shape index (κ1) is 22.9. The fraction of sp³-hybridized carbons (Fsp3) is 0.321. The monoisotopic (exact) mass is 475 g/mol. The zero-order valence-electron chi connectivity index (χ0n) is 19.4. The third-order valence-corrected chi connectivity index (χ3v) is 7.07. The number of fused-ring (bicyclic) bond motifs is 1. The summed E-state index contributed by atoms with van der Waals surface area (Å²) >= 11 is 6.38. The van der Waals surface area contributed by atoms with Crippen molar-refractivity contribution in [3.63, 3.8) is 0 Å². The lowest BCUT2D eigenvalue weighted by atomic mass is 9.90. The molecular weight excluding hydrogens is 446 g/mol. The molecule has 2 amide bonds. The molecule has 0 spiro atoms. The van der Waals surface area contributed by atoms with Gasteiger partial charge >= 0.3 is 6.03 Å². The highest BCUT2D eigenvalue weighted by Gasteiger charge is 2.39. The van der Waals surface area contributed by atoms with Crippen molar-refractivity contribution in [2.45, 2.75) is 38.1 Å². The molecule has 0 aromatic heterocycles. The summed E-state index contributed by atoms with van der Waals surface area (Å²) in [7, 11) is 1.73. The molecule has 1 saturated heterocycles. The van der Waals surface area contributed by atoms with Gasteiger partial charge in [-0.2, -0.15) is 0 Å². The van der Waals surface area contributed by atoms with Crippen LogP contribution >= 0.6 is 11.6 Å². The van der Waals surface area contributed by atoms with Gasteiger partial charge in [0.2, 0.25) is 0 Å². The summed E-state index contributed by atoms with van der Waals surface area (Å²) in [6.07, 6.45) is 1.87. The van der Waals surface area contributed by atoms with Gasteiger partial charge in [0.25, 0.3) is 0 Å². The minimum atomic E-state index is -0.147. The highest BCUT2D eigenvalue weighted by Crippen LogP contribution is 2.41. The van der Waals surface area contributed by atoms with Crippen LogP contribution in [0, 0.1) is 0 Å². The molecule has 1 atom stereocenters. The lowest BCUT2D eigenvalue weighted by Gasteiger charge is -2.45. The largest absolute Gasteiger partial charge is 0.380 e. The van der Waals surface area contributed by atoms with Crippen LogP contribution in [0.15, 0.2) is 72.8 Å². The Morgan fingerprint density at radius 2 is 1.74 bits per heavy atom. The van der Waals surface area contributed by atoms with Gasteiger partial charge in [0.05, 0.1) is 12.6 Å². The summed E-state index contributed by atoms with van der Waals surface area (Å²) in [6, 6.07) is 24.6. The van der Waals surface area contributed by atoms with Gasteiger partial charge in [-0.15, -0.1) is 0 Å². The third-order valence-electron chi connectivity index (χ3n) is 6.84. The van der Waals surface area contributed by atoms with Crippen molar-refractivity contribution in [1.82, 2.24) is 9.80 Å². The van der Waals surface area contributed by atoms with E-state index in [2.05, 4.69) is 46.6 Å². The van der Waals surface area contributed by atoms with Crippen molar-refractivity contribution < 1.29 is 9.53 Å². The number of halogens is 1. The molecule has 6 heteroatoms. The maximum Gasteiger partial charge on any atom is 0.322 e. The summed E-state index contributed by atoms with van der Waals surface area (Å²) in [4.78, 5) is 17.9. The lowest BCUT2D eigenvalue weighted by molar-refractivity contribution is 0.106. The second-order valence-electron chi connectivity index (χ2n) is 9.14. The van der Waals surface area contributed by atoms with Crippen molar-refractivity contribution >= 4 is 23.3 Å². The molecule has 5 nitrogen and oxygen atoms in total. The second-order valence-corrected chi connectivity index (χ2v) is 9.58. The van der Waals surface area contributed by atoms with Gasteiger partial charge in [0.15, 0.2) is 0 Å². The number of amides is 2. The van der Waals surface area contributed by atoms with E-state index in [9.17, 15) is 4.79 Å². The average molecular weight is 476 g/mol. The zero-order valence-corrected chi connectivity index (χ0v) is 20.2. The smallest absolute Gasteiger partial charge is 0.322 e. The number of urea groups is 1. The summed E-state index contributed by atoms with van der Waals surface area (Å²) < 4.78 is 5.28. The summed E-state index contributed by atoms with van der Waals surface area (Å²) in [5.41, 5.74) is 5.50. The highest BCUT2D eigenvalue weighted by atomic mass is 35.5. The average Bonchev–Trinajstić information content (AvgIpc) is 2.85. The Hall–Kier alpha value is -2.86. The molecule has 34 heavy (non-hydrogen) atoms. The molecule has 1 fully saturated rings. The molecule has 3 aromatic rings. The van der Waals surface area contributed by atoms with Gasteiger partial charge in [-0.25, -0.2) is 4.79 Å². The van der Waals surface area contributed by atoms with Crippen LogP contribution in [0.4, 0.5) is 10.5 Å². The normalized spacial score (nSPS) is 19.1. The molecule has 5 rings (SSSR count). The Morgan fingerprint density at radius 3 is 2.50 bits per heavy atom. The van der Waals surface area contributed by atoms with Gasteiger partial charge in [0.1, 0.15) is 0 Å². The molecule has 2 heterocycles. The Labute approximate surface area is 206 Å². The van der Waals surface area contributed by atoms with Gasteiger partial charge < -0.3 is 15.0 Å². The summed E-state index contributed by atoms with van der Waals surface area (Å²) in [6.45, 7) is 3.45. The van der Waals surface area contributed by atoms with Crippen LogP contribution in [0.25, 0.3) is 0 Å². The van der Waals surface area contributed by atoms with Crippen LogP contribution in [0.2, 0.25) is 5.02 Å². The van der Waals surface area contributed by atoms with Crippen molar-refractivity contribution in [2.24, 2.45) is 0 Å². The SMILES string of the molecule is COCc1cccc(CN2CCC(N3C(=O)Nc4ccc(Cl)cc4C3c3ccccc3)CC2)c1. The number of ether oxygens (including phenoxy) is 1. The molecule has 0 saturated carbocycles. The van der Waals surface area contributed by atoms with E-state index in [-0.39, 0.29) is 18.1 Å². The maximum absolute atomic E-state index is 13.4. The van der Waals surface area contributed by atoms with Crippen LogP contribution in [-0.4, -0.2) is 42.1 Å². The van der Waals surface area contributed by atoms with Crippen molar-refractivity contribution in [3.8, 4) is 0 Å². The Bertz CT molecular complexity index is 1150. The summed E-state index contributed by atoms with van der Waals surface area (Å²) in [5, 5.41) is 3.79. The minimum absolute atomic E-state index is 0.0330. The summed E-state index contributed by atoms with van der Waals surface area (Å²) in [5.74, 6) is 0. The van der Waals surface area contributed by atoms with Crippen LogP contribution in [0.3, 0.4) is 0 Å². The van der Waals surface area contributed by atoms with E-state index >= 15 is 0 Å². The van der Waals surface area contributed by atoms with Crippen molar-refractivity contribution in [2.75, 3.05) is 25.5 Å². The van der Waals surface area contributed by atoms with E-state index in [1.165, 1.54) is 11.1 Å². The molecule has 0 bridgehead atoms. The van der Waals surface area contributed by atoms with E-state index in [4.69, 9.17) is 16.3 Å². The van der Waals surface area contributed by atoms with Crippen LogP contribution < -0.4 is 5.32 Å². The maximum atomic E-state index is 13.4. The number of rotatable bonds is 6. The molecule has 2 aliphatic heterocycles. The fourth-order valence-corrected chi connectivity index (χ4v) is 5.45. The molecule has 1 N–H and O–H groups in total. The van der Waals surface area contributed by atoms with E-state index in [1.54, 1.807) is 7.11 Å². The van der Waals surface area contributed by atoms with E-state index in [1.807, 2.05) is 41.3 Å². The third kappa shape index (κ3) is 4.83. The first-order chi connectivity index (χ1) is 16.6. The van der Waals surface area contributed by atoms with Crippen molar-refractivity contribution in [1.29, 1.82) is 0 Å². The number of anilines is 1. The predicted octanol–water partition coefficient (Wildman–Crippen LogP) is 6.09. The number of nitrogens with zero attached hydrogens (tertiary/aromatic N) is 2. The van der Waals surface area contributed by atoms with E-state index < -0.39 is 0 Å². The number of methoxy groups -OCH3 is 1. The number of nitrogens with one attached hydrogen (secondary N) is 1. The molecule has 2 aliphatic rings. The first-order valence-corrected chi connectivity index (χ1v) is 12.2. The Kier molecular flexibility index (Phi) is 6.86. The number of hydrogen-bond acceptors (Lipinski definition) is 3. The zero-order chi connectivity index (χ0) is 23.5. The molecule has 176 valence electrons. The van der Waals surface area contributed by atoms with E-state index in [0.717, 1.165) is 49.3 Å². The van der Waals surface area contributed by atoms with Gasteiger partial charge in [-0.05, 0) is 47.7 Å². The molecule has 0 aliphatic carbocycles. The number of benzene rings is 3. The molecular formula is C28H30ClN3O2. The number of likely N-dealkylation sites (tertiary alicyclic amines) is 1. The molecule has 3 aromatic carbocycles. The minimum Gasteiger partial charge on any atom is -0.380 e. The number of carbonyl (C=O) groups is 1. The van der Waals surface area contributed by atoms with E-state index in [0.29, 0.717) is 11.6 Å². The number of piperidine rings is 1. The lowest BCUT2D eigenvalue weighted by Crippen LogP contribution is -2.52. The van der Waals surface area contributed by atoms with Gasteiger partial charge in [-0.1, -0.05) is 66.2 Å². The quantitative estimate of drug-likeness (QED) is 0.469. The van der Waals surface area contributed by atoms with Gasteiger partial charge in [-0.3, -0.25) is 4.90 Å². The molecule has 1 unspecified atom stereocenters. The second kappa shape index (κ2) is 10.2. The van der Waals surface area contributed by atoms with Crippen molar-refractivity contribution in [3.05, 3.63) is 100 Å². The van der Waals surface area contributed by atoms with Gasteiger partial charge in [0, 0.05) is 49.1 Å². The Morgan fingerprint density at radius 1 is 0.971 bits per heavy atom. The fourth-order valence-electron chi connectivity index (χ4n) is 5.27. The van der Waals surface area contributed by atoms with Crippen LogP contribution in [-0.2, 0) is 17.9 Å². The topological polar surface area (TPSA) is 44.8 Å². The predicted molar refractivity (Wildman–Crippen MR) is 136 cm³/mol. The Balaban J connectivity index is 1.35. The highest BCUT2D eigenvalue weighted by molar-refractivity contribution is 6.30. The molecule has 0 radical (unpaired) electrons.